The number of Topliss-reactive ketones (excluding diaryl/α,β-unsaturated/α-hetero) is 1. The smallest absolute Gasteiger partial charge is 0.234 e. The Kier molecular flexibility index (Phi) is 6.89. The standard InChI is InChI=1S/C19H21NO4S/c1-13(21)14-7-8-18(24-3)15(9-14)11-25-12-19(22)20-16-5-4-6-17(10-16)23-2/h4-10H,11-12H2,1-3H3,(H,20,22). The molecule has 1 amide bonds. The van der Waals surface area contributed by atoms with E-state index >= 15 is 0 Å². The molecule has 0 unspecified atom stereocenters. The number of rotatable bonds is 8. The molecule has 25 heavy (non-hydrogen) atoms. The second kappa shape index (κ2) is 9.13. The molecule has 0 saturated heterocycles. The van der Waals surface area contributed by atoms with Gasteiger partial charge in [0.05, 0.1) is 20.0 Å². The van der Waals surface area contributed by atoms with Crippen LogP contribution in [0.1, 0.15) is 22.8 Å². The van der Waals surface area contributed by atoms with Crippen LogP contribution >= 0.6 is 11.8 Å². The molecule has 0 radical (unpaired) electrons. The lowest BCUT2D eigenvalue weighted by Crippen LogP contribution is -2.14. The van der Waals surface area contributed by atoms with Crippen LogP contribution in [-0.2, 0) is 10.5 Å². The molecule has 0 aliphatic carbocycles. The lowest BCUT2D eigenvalue weighted by molar-refractivity contribution is -0.113. The number of carbonyl (C=O) groups excluding carboxylic acids is 2. The van der Waals surface area contributed by atoms with Gasteiger partial charge in [-0.1, -0.05) is 6.07 Å². The van der Waals surface area contributed by atoms with Gasteiger partial charge in [-0.25, -0.2) is 0 Å². The van der Waals surface area contributed by atoms with Crippen molar-refractivity contribution in [3.8, 4) is 11.5 Å². The van der Waals surface area contributed by atoms with Gasteiger partial charge in [-0.3, -0.25) is 9.59 Å². The van der Waals surface area contributed by atoms with Crippen LogP contribution in [0.4, 0.5) is 5.69 Å². The molecule has 0 aliphatic heterocycles. The zero-order valence-electron chi connectivity index (χ0n) is 14.5. The van der Waals surface area contributed by atoms with E-state index in [1.54, 1.807) is 32.4 Å². The van der Waals surface area contributed by atoms with Gasteiger partial charge in [0, 0.05) is 28.6 Å². The van der Waals surface area contributed by atoms with E-state index < -0.39 is 0 Å². The fourth-order valence-electron chi connectivity index (χ4n) is 2.26. The number of nitrogens with one attached hydrogen (secondary N) is 1. The molecule has 2 aromatic rings. The second-order valence-corrected chi connectivity index (χ2v) is 6.34. The van der Waals surface area contributed by atoms with Crippen molar-refractivity contribution in [2.24, 2.45) is 0 Å². The van der Waals surface area contributed by atoms with Crippen LogP contribution in [0.15, 0.2) is 42.5 Å². The minimum absolute atomic E-state index is 0.00433. The van der Waals surface area contributed by atoms with Gasteiger partial charge < -0.3 is 14.8 Å². The molecular weight excluding hydrogens is 338 g/mol. The van der Waals surface area contributed by atoms with Gasteiger partial charge in [0.25, 0.3) is 0 Å². The van der Waals surface area contributed by atoms with Crippen LogP contribution in [0.3, 0.4) is 0 Å². The van der Waals surface area contributed by atoms with E-state index in [9.17, 15) is 9.59 Å². The van der Waals surface area contributed by atoms with E-state index in [0.29, 0.717) is 34.3 Å². The minimum atomic E-state index is -0.0973. The van der Waals surface area contributed by atoms with Gasteiger partial charge in [0.2, 0.25) is 5.91 Å². The molecule has 132 valence electrons. The van der Waals surface area contributed by atoms with E-state index in [-0.39, 0.29) is 11.7 Å². The van der Waals surface area contributed by atoms with Crippen molar-refractivity contribution in [1.82, 2.24) is 0 Å². The van der Waals surface area contributed by atoms with Crippen molar-refractivity contribution in [2.75, 3.05) is 25.3 Å². The van der Waals surface area contributed by atoms with Crippen LogP contribution in [0.2, 0.25) is 0 Å². The molecule has 6 heteroatoms. The Hall–Kier alpha value is -2.47. The van der Waals surface area contributed by atoms with Crippen molar-refractivity contribution < 1.29 is 19.1 Å². The van der Waals surface area contributed by atoms with Crippen LogP contribution < -0.4 is 14.8 Å². The Labute approximate surface area is 151 Å². The average Bonchev–Trinajstić information content (AvgIpc) is 2.61. The monoisotopic (exact) mass is 359 g/mol. The topological polar surface area (TPSA) is 64.6 Å². The van der Waals surface area contributed by atoms with Crippen molar-refractivity contribution >= 4 is 29.1 Å². The Morgan fingerprint density at radius 2 is 1.88 bits per heavy atom. The Balaban J connectivity index is 1.92. The van der Waals surface area contributed by atoms with E-state index in [1.165, 1.54) is 18.7 Å². The number of ether oxygens (including phenoxy) is 2. The fourth-order valence-corrected chi connectivity index (χ4v) is 3.07. The van der Waals surface area contributed by atoms with Gasteiger partial charge >= 0.3 is 0 Å². The first-order valence-corrected chi connectivity index (χ1v) is 8.88. The lowest BCUT2D eigenvalue weighted by Gasteiger charge is -2.10. The molecule has 0 fully saturated rings. The molecule has 1 N–H and O–H groups in total. The van der Waals surface area contributed by atoms with Gasteiger partial charge in [0.1, 0.15) is 11.5 Å². The number of amides is 1. The summed E-state index contributed by atoms with van der Waals surface area (Å²) >= 11 is 1.46. The van der Waals surface area contributed by atoms with Crippen molar-refractivity contribution in [3.63, 3.8) is 0 Å². The highest BCUT2D eigenvalue weighted by Gasteiger charge is 2.09. The third-order valence-electron chi connectivity index (χ3n) is 3.53. The van der Waals surface area contributed by atoms with Crippen LogP contribution in [0.5, 0.6) is 11.5 Å². The minimum Gasteiger partial charge on any atom is -0.497 e. The fraction of sp³-hybridized carbons (Fsp3) is 0.263. The van der Waals surface area contributed by atoms with Gasteiger partial charge in [-0.15, -0.1) is 11.8 Å². The number of benzene rings is 2. The summed E-state index contributed by atoms with van der Waals surface area (Å²) in [6, 6.07) is 12.5. The maximum absolute atomic E-state index is 12.1. The zero-order chi connectivity index (χ0) is 18.2. The first kappa shape index (κ1) is 18.9. The molecule has 0 atom stereocenters. The summed E-state index contributed by atoms with van der Waals surface area (Å²) in [6.07, 6.45) is 0. The van der Waals surface area contributed by atoms with Crippen molar-refractivity contribution in [1.29, 1.82) is 0 Å². The molecular formula is C19H21NO4S. The molecule has 2 rings (SSSR count). The molecule has 0 aliphatic rings. The van der Waals surface area contributed by atoms with Crippen molar-refractivity contribution in [3.05, 3.63) is 53.6 Å². The third kappa shape index (κ3) is 5.53. The first-order valence-electron chi connectivity index (χ1n) is 7.73. The van der Waals surface area contributed by atoms with Gasteiger partial charge in [-0.2, -0.15) is 0 Å². The first-order chi connectivity index (χ1) is 12.0. The number of carbonyl (C=O) groups is 2. The Bertz CT molecular complexity index is 761. The Morgan fingerprint density at radius 1 is 1.08 bits per heavy atom. The number of ketones is 1. The Morgan fingerprint density at radius 3 is 2.56 bits per heavy atom. The maximum atomic E-state index is 12.1. The zero-order valence-corrected chi connectivity index (χ0v) is 15.3. The maximum Gasteiger partial charge on any atom is 0.234 e. The number of thioether (sulfide) groups is 1. The normalized spacial score (nSPS) is 10.2. The summed E-state index contributed by atoms with van der Waals surface area (Å²) in [5, 5.41) is 2.84. The second-order valence-electron chi connectivity index (χ2n) is 5.36. The van der Waals surface area contributed by atoms with E-state index in [0.717, 1.165) is 5.56 Å². The number of hydrogen-bond donors (Lipinski definition) is 1. The van der Waals surface area contributed by atoms with E-state index in [4.69, 9.17) is 9.47 Å². The van der Waals surface area contributed by atoms with E-state index in [2.05, 4.69) is 5.32 Å². The van der Waals surface area contributed by atoms with Crippen LogP contribution in [0, 0.1) is 0 Å². The molecule has 0 saturated carbocycles. The van der Waals surface area contributed by atoms with Crippen LogP contribution in [-0.4, -0.2) is 31.7 Å². The number of hydrogen-bond acceptors (Lipinski definition) is 5. The largest absolute Gasteiger partial charge is 0.497 e. The number of methoxy groups -OCH3 is 2. The molecule has 0 bridgehead atoms. The summed E-state index contributed by atoms with van der Waals surface area (Å²) in [6.45, 7) is 1.53. The summed E-state index contributed by atoms with van der Waals surface area (Å²) in [7, 11) is 3.17. The highest BCUT2D eigenvalue weighted by molar-refractivity contribution is 7.99. The lowest BCUT2D eigenvalue weighted by atomic mass is 10.1. The molecule has 0 heterocycles. The molecule has 2 aromatic carbocycles. The molecule has 0 spiro atoms. The molecule has 0 aromatic heterocycles. The highest BCUT2D eigenvalue weighted by Crippen LogP contribution is 2.25. The predicted octanol–water partition coefficient (Wildman–Crippen LogP) is 3.78. The van der Waals surface area contributed by atoms with Gasteiger partial charge in [0.15, 0.2) is 5.78 Å². The SMILES string of the molecule is COc1cccc(NC(=O)CSCc2cc(C(C)=O)ccc2OC)c1. The summed E-state index contributed by atoms with van der Waals surface area (Å²) in [4.78, 5) is 23.6. The summed E-state index contributed by atoms with van der Waals surface area (Å²) < 4.78 is 10.5. The van der Waals surface area contributed by atoms with Gasteiger partial charge in [-0.05, 0) is 37.3 Å². The third-order valence-corrected chi connectivity index (χ3v) is 4.51. The quantitative estimate of drug-likeness (QED) is 0.727. The summed E-state index contributed by atoms with van der Waals surface area (Å²) in [5.74, 6) is 2.19. The predicted molar refractivity (Wildman–Crippen MR) is 101 cm³/mol. The van der Waals surface area contributed by atoms with E-state index in [1.807, 2.05) is 24.3 Å². The highest BCUT2D eigenvalue weighted by atomic mass is 32.2. The molecule has 5 nitrogen and oxygen atoms in total. The average molecular weight is 359 g/mol. The summed E-state index contributed by atoms with van der Waals surface area (Å²) in [5.41, 5.74) is 2.23. The van der Waals surface area contributed by atoms with Crippen LogP contribution in [0.25, 0.3) is 0 Å². The van der Waals surface area contributed by atoms with Crippen molar-refractivity contribution in [2.45, 2.75) is 12.7 Å². The number of anilines is 1.